The molecule has 0 heterocycles. The minimum Gasteiger partial charge on any atom is -0.481 e. The fourth-order valence-electron chi connectivity index (χ4n) is 2.92. The Hall–Kier alpha value is -1.89. The lowest BCUT2D eigenvalue weighted by molar-refractivity contribution is -0.159. The highest BCUT2D eigenvalue weighted by atomic mass is 32.2. The first-order valence-corrected chi connectivity index (χ1v) is 9.75. The molecule has 0 saturated heterocycles. The van der Waals surface area contributed by atoms with Gasteiger partial charge in [0.05, 0.1) is 16.4 Å². The zero-order valence-electron chi connectivity index (χ0n) is 14.2. The van der Waals surface area contributed by atoms with E-state index in [0.29, 0.717) is 12.8 Å². The van der Waals surface area contributed by atoms with Crippen LogP contribution in [0.4, 0.5) is 0 Å². The van der Waals surface area contributed by atoms with Gasteiger partial charge in [0.25, 0.3) is 0 Å². The summed E-state index contributed by atoms with van der Waals surface area (Å²) in [6.45, 7) is 1.83. The molecule has 2 rings (SSSR count). The van der Waals surface area contributed by atoms with Crippen molar-refractivity contribution >= 4 is 21.7 Å². The molecule has 1 aliphatic carbocycles. The Morgan fingerprint density at radius 2 is 1.79 bits per heavy atom. The summed E-state index contributed by atoms with van der Waals surface area (Å²) in [4.78, 5) is 25.6. The van der Waals surface area contributed by atoms with Crippen LogP contribution in [0, 0.1) is 5.41 Å². The van der Waals surface area contributed by atoms with E-state index in [2.05, 4.69) is 0 Å². The summed E-state index contributed by atoms with van der Waals surface area (Å²) < 4.78 is 23.0. The van der Waals surface area contributed by atoms with Crippen LogP contribution in [0.2, 0.25) is 0 Å². The average molecular weight is 353 g/mol. The number of carbonyl (C=O) groups is 2. The van der Waals surface area contributed by atoms with Crippen molar-refractivity contribution in [2.45, 2.75) is 43.5 Å². The van der Waals surface area contributed by atoms with Crippen molar-refractivity contribution in [3.05, 3.63) is 29.8 Å². The van der Waals surface area contributed by atoms with Crippen molar-refractivity contribution in [2.24, 2.45) is 5.41 Å². The third-order valence-corrected chi connectivity index (χ3v) is 6.15. The van der Waals surface area contributed by atoms with Crippen molar-refractivity contribution in [3.8, 4) is 0 Å². The van der Waals surface area contributed by atoms with E-state index >= 15 is 0 Å². The second-order valence-electron chi connectivity index (χ2n) is 6.64. The summed E-state index contributed by atoms with van der Waals surface area (Å²) in [5.41, 5.74) is -0.109. The average Bonchev–Trinajstić information content (AvgIpc) is 2.48. The lowest BCUT2D eigenvalue weighted by Crippen LogP contribution is -2.43. The Bertz CT molecular complexity index is 735. The number of benzene rings is 1. The van der Waals surface area contributed by atoms with Crippen LogP contribution < -0.4 is 0 Å². The van der Waals surface area contributed by atoms with Gasteiger partial charge >= 0.3 is 5.97 Å². The van der Waals surface area contributed by atoms with E-state index in [9.17, 15) is 23.1 Å². The molecule has 1 aromatic rings. The molecule has 1 saturated carbocycles. The fraction of sp³-hybridized carbons (Fsp3) is 0.529. The summed E-state index contributed by atoms with van der Waals surface area (Å²) in [5, 5.41) is 9.35. The monoisotopic (exact) mass is 353 g/mol. The number of hydrogen-bond acceptors (Lipinski definition) is 4. The molecule has 0 aromatic heterocycles. The number of rotatable bonds is 6. The molecule has 24 heavy (non-hydrogen) atoms. The van der Waals surface area contributed by atoms with Crippen molar-refractivity contribution in [2.75, 3.05) is 13.3 Å². The number of sulfone groups is 1. The number of carbonyl (C=O) groups excluding carboxylic acids is 1. The highest BCUT2D eigenvalue weighted by Gasteiger charge is 2.46. The van der Waals surface area contributed by atoms with Crippen LogP contribution >= 0.6 is 0 Å². The molecular weight excluding hydrogens is 330 g/mol. The van der Waals surface area contributed by atoms with Crippen LogP contribution in [0.3, 0.4) is 0 Å². The third kappa shape index (κ3) is 3.61. The molecule has 0 aliphatic heterocycles. The fourth-order valence-corrected chi connectivity index (χ4v) is 3.55. The number of carboxylic acid groups (broad SMARTS) is 1. The standard InChI is InChI=1S/C17H23NO5S/c1-12(13-5-7-14(8-6-13)24(3,22)23)18(2)15(19)11-17(16(20)21)9-4-10-17/h5-8,12H,4,9-11H2,1-3H3,(H,20,21). The second kappa shape index (κ2) is 6.55. The van der Waals surface area contributed by atoms with E-state index in [1.54, 1.807) is 19.2 Å². The number of aliphatic carboxylic acids is 1. The van der Waals surface area contributed by atoms with Gasteiger partial charge in [0.1, 0.15) is 0 Å². The van der Waals surface area contributed by atoms with E-state index in [0.717, 1.165) is 18.2 Å². The van der Waals surface area contributed by atoms with Gasteiger partial charge in [0, 0.05) is 19.7 Å². The summed E-state index contributed by atoms with van der Waals surface area (Å²) in [7, 11) is -1.61. The lowest BCUT2D eigenvalue weighted by Gasteiger charge is -2.38. The maximum atomic E-state index is 12.5. The van der Waals surface area contributed by atoms with Crippen molar-refractivity contribution in [1.82, 2.24) is 4.90 Å². The Morgan fingerprint density at radius 3 is 2.17 bits per heavy atom. The van der Waals surface area contributed by atoms with Gasteiger partial charge in [-0.2, -0.15) is 0 Å². The number of amides is 1. The molecule has 1 atom stereocenters. The van der Waals surface area contributed by atoms with Crippen molar-refractivity contribution in [3.63, 3.8) is 0 Å². The highest BCUT2D eigenvalue weighted by molar-refractivity contribution is 7.90. The second-order valence-corrected chi connectivity index (χ2v) is 8.65. The molecule has 1 unspecified atom stereocenters. The molecule has 1 aromatic carbocycles. The van der Waals surface area contributed by atoms with Crippen LogP contribution in [0.25, 0.3) is 0 Å². The highest BCUT2D eigenvalue weighted by Crippen LogP contribution is 2.44. The van der Waals surface area contributed by atoms with Gasteiger partial charge in [-0.15, -0.1) is 0 Å². The van der Waals surface area contributed by atoms with Crippen LogP contribution in [-0.4, -0.2) is 43.6 Å². The molecule has 0 bridgehead atoms. The molecule has 0 radical (unpaired) electrons. The van der Waals surface area contributed by atoms with E-state index in [4.69, 9.17) is 0 Å². The van der Waals surface area contributed by atoms with E-state index < -0.39 is 21.2 Å². The van der Waals surface area contributed by atoms with E-state index in [1.807, 2.05) is 6.92 Å². The Balaban J connectivity index is 2.10. The molecule has 7 heteroatoms. The van der Waals surface area contributed by atoms with Crippen molar-refractivity contribution in [1.29, 1.82) is 0 Å². The number of hydrogen-bond donors (Lipinski definition) is 1. The largest absolute Gasteiger partial charge is 0.481 e. The summed E-state index contributed by atoms with van der Waals surface area (Å²) in [6.07, 6.45) is 3.07. The van der Waals surface area contributed by atoms with Gasteiger partial charge in [0.15, 0.2) is 9.84 Å². The van der Waals surface area contributed by atoms with E-state index in [-0.39, 0.29) is 23.3 Å². The quantitative estimate of drug-likeness (QED) is 0.847. The van der Waals surface area contributed by atoms with Gasteiger partial charge in [-0.05, 0) is 37.5 Å². The zero-order valence-corrected chi connectivity index (χ0v) is 15.0. The van der Waals surface area contributed by atoms with Crippen molar-refractivity contribution < 1.29 is 23.1 Å². The first-order chi connectivity index (χ1) is 11.1. The van der Waals surface area contributed by atoms with E-state index in [1.165, 1.54) is 17.0 Å². The molecule has 1 amide bonds. The smallest absolute Gasteiger partial charge is 0.310 e. The first-order valence-electron chi connectivity index (χ1n) is 7.86. The Kier molecular flexibility index (Phi) is 5.03. The maximum absolute atomic E-state index is 12.5. The number of nitrogens with zero attached hydrogens (tertiary/aromatic N) is 1. The predicted octanol–water partition coefficient (Wildman–Crippen LogP) is 2.25. The number of carboxylic acids is 1. The molecular formula is C17H23NO5S. The minimum atomic E-state index is -3.26. The van der Waals surface area contributed by atoms with Crippen LogP contribution in [0.5, 0.6) is 0 Å². The van der Waals surface area contributed by atoms with Gasteiger partial charge in [0.2, 0.25) is 5.91 Å². The van der Waals surface area contributed by atoms with Crippen LogP contribution in [0.1, 0.15) is 44.2 Å². The van der Waals surface area contributed by atoms with Crippen LogP contribution in [0.15, 0.2) is 29.2 Å². The normalized spacial score (nSPS) is 17.6. The topological polar surface area (TPSA) is 91.8 Å². The Morgan fingerprint density at radius 1 is 1.25 bits per heavy atom. The molecule has 1 fully saturated rings. The van der Waals surface area contributed by atoms with Gasteiger partial charge < -0.3 is 10.0 Å². The molecule has 0 spiro atoms. The van der Waals surface area contributed by atoms with Gasteiger partial charge in [-0.1, -0.05) is 18.6 Å². The van der Waals surface area contributed by atoms with Gasteiger partial charge in [-0.25, -0.2) is 8.42 Å². The summed E-state index contributed by atoms with van der Waals surface area (Å²) >= 11 is 0. The SMILES string of the molecule is CC(c1ccc(S(C)(=O)=O)cc1)N(C)C(=O)CC1(C(=O)O)CCC1. The third-order valence-electron chi connectivity index (χ3n) is 5.02. The maximum Gasteiger partial charge on any atom is 0.310 e. The zero-order chi connectivity index (χ0) is 18.1. The summed E-state index contributed by atoms with van der Waals surface area (Å²) in [5.74, 6) is -1.11. The molecule has 1 aliphatic rings. The molecule has 1 N–H and O–H groups in total. The van der Waals surface area contributed by atoms with Gasteiger partial charge in [-0.3, -0.25) is 9.59 Å². The first kappa shape index (κ1) is 18.4. The summed E-state index contributed by atoms with van der Waals surface area (Å²) in [6, 6.07) is 6.13. The van der Waals surface area contributed by atoms with Crippen LogP contribution in [-0.2, 0) is 19.4 Å². The molecule has 132 valence electrons. The Labute approximate surface area is 142 Å². The predicted molar refractivity (Wildman–Crippen MR) is 89.3 cm³/mol. The lowest BCUT2D eigenvalue weighted by atomic mass is 9.66. The molecule has 6 nitrogen and oxygen atoms in total. The minimum absolute atomic E-state index is 0.00456.